The Morgan fingerprint density at radius 1 is 1.33 bits per heavy atom. The molecule has 1 unspecified atom stereocenters. The van der Waals surface area contributed by atoms with Gasteiger partial charge in [0.15, 0.2) is 11.5 Å². The zero-order valence-electron chi connectivity index (χ0n) is 12.0. The van der Waals surface area contributed by atoms with E-state index in [1.54, 1.807) is 7.05 Å². The molecule has 1 atom stereocenters. The summed E-state index contributed by atoms with van der Waals surface area (Å²) in [5.74, 6) is -0.392. The summed E-state index contributed by atoms with van der Waals surface area (Å²) in [5, 5.41) is 5.65. The Labute approximate surface area is 128 Å². The fourth-order valence-corrected chi connectivity index (χ4v) is 1.46. The third kappa shape index (κ3) is 6.14. The van der Waals surface area contributed by atoms with Gasteiger partial charge in [-0.15, -0.1) is 12.4 Å². The van der Waals surface area contributed by atoms with E-state index < -0.39 is 6.61 Å². The van der Waals surface area contributed by atoms with Crippen molar-refractivity contribution >= 4 is 18.3 Å². The second-order valence-electron chi connectivity index (χ2n) is 4.14. The summed E-state index contributed by atoms with van der Waals surface area (Å²) < 4.78 is 33.8. The summed E-state index contributed by atoms with van der Waals surface area (Å²) >= 11 is 0. The highest BCUT2D eigenvalue weighted by Crippen LogP contribution is 2.29. The summed E-state index contributed by atoms with van der Waals surface area (Å²) in [6.45, 7) is -0.655. The highest BCUT2D eigenvalue weighted by molar-refractivity contribution is 5.94. The predicted molar refractivity (Wildman–Crippen MR) is 77.7 cm³/mol. The summed E-state index contributed by atoms with van der Waals surface area (Å²) in [7, 11) is 3.11. The highest BCUT2D eigenvalue weighted by atomic mass is 35.5. The third-order valence-corrected chi connectivity index (χ3v) is 2.70. The molecule has 2 N–H and O–H groups in total. The van der Waals surface area contributed by atoms with Crippen molar-refractivity contribution in [2.24, 2.45) is 0 Å². The molecule has 8 heteroatoms. The molecule has 0 radical (unpaired) electrons. The van der Waals surface area contributed by atoms with E-state index in [-0.39, 0.29) is 41.4 Å². The molecule has 0 aliphatic heterocycles. The van der Waals surface area contributed by atoms with Crippen LogP contribution in [0.3, 0.4) is 0 Å². The molecule has 1 aromatic rings. The number of ether oxygens (including phenoxy) is 2. The minimum Gasteiger partial charge on any atom is -0.493 e. The van der Waals surface area contributed by atoms with Crippen molar-refractivity contribution in [2.75, 3.05) is 20.7 Å². The van der Waals surface area contributed by atoms with Gasteiger partial charge in [-0.05, 0) is 32.2 Å². The predicted octanol–water partition coefficient (Wildman–Crippen LogP) is 2.06. The van der Waals surface area contributed by atoms with E-state index in [0.717, 1.165) is 0 Å². The third-order valence-electron chi connectivity index (χ3n) is 2.70. The standard InChI is InChI=1S/C13H18F2N2O3.ClH/c1-8(16-2)7-17-12(18)9-4-5-10(19-3)11(6-9)20-13(14)15;/h4-6,8,13,16H,7H2,1-3H3,(H,17,18);1H. The maximum atomic E-state index is 12.3. The fourth-order valence-electron chi connectivity index (χ4n) is 1.46. The average molecular weight is 325 g/mol. The molecule has 1 aromatic carbocycles. The number of nitrogens with one attached hydrogen (secondary N) is 2. The van der Waals surface area contributed by atoms with Crippen LogP contribution < -0.4 is 20.1 Å². The second-order valence-corrected chi connectivity index (χ2v) is 4.14. The molecular formula is C13H19ClF2N2O3. The van der Waals surface area contributed by atoms with E-state index in [4.69, 9.17) is 4.74 Å². The van der Waals surface area contributed by atoms with Crippen molar-refractivity contribution in [3.8, 4) is 11.5 Å². The van der Waals surface area contributed by atoms with Crippen LogP contribution in [0.4, 0.5) is 8.78 Å². The van der Waals surface area contributed by atoms with Crippen molar-refractivity contribution in [3.63, 3.8) is 0 Å². The Bertz CT molecular complexity index is 461. The van der Waals surface area contributed by atoms with Crippen LogP contribution in [0.1, 0.15) is 17.3 Å². The van der Waals surface area contributed by atoms with E-state index >= 15 is 0 Å². The lowest BCUT2D eigenvalue weighted by atomic mass is 10.2. The van der Waals surface area contributed by atoms with Gasteiger partial charge in [0, 0.05) is 18.2 Å². The fraction of sp³-hybridized carbons (Fsp3) is 0.462. The lowest BCUT2D eigenvalue weighted by Gasteiger charge is -2.13. The van der Waals surface area contributed by atoms with Crippen LogP contribution in [-0.4, -0.2) is 39.3 Å². The first-order valence-corrected chi connectivity index (χ1v) is 6.06. The topological polar surface area (TPSA) is 59.6 Å². The number of halogens is 3. The Balaban J connectivity index is 0.00000400. The minimum atomic E-state index is -2.98. The van der Waals surface area contributed by atoms with Gasteiger partial charge in [0.25, 0.3) is 5.91 Å². The molecular weight excluding hydrogens is 306 g/mol. The van der Waals surface area contributed by atoms with Crippen LogP contribution in [-0.2, 0) is 0 Å². The molecule has 120 valence electrons. The van der Waals surface area contributed by atoms with Crippen LogP contribution in [0.5, 0.6) is 11.5 Å². The summed E-state index contributed by atoms with van der Waals surface area (Å²) in [6.07, 6.45) is 0. The van der Waals surface area contributed by atoms with Gasteiger partial charge in [-0.25, -0.2) is 0 Å². The average Bonchev–Trinajstić information content (AvgIpc) is 2.43. The van der Waals surface area contributed by atoms with Crippen molar-refractivity contribution in [1.29, 1.82) is 0 Å². The van der Waals surface area contributed by atoms with Gasteiger partial charge < -0.3 is 20.1 Å². The number of amides is 1. The lowest BCUT2D eigenvalue weighted by molar-refractivity contribution is -0.0512. The van der Waals surface area contributed by atoms with Crippen molar-refractivity contribution in [2.45, 2.75) is 19.6 Å². The van der Waals surface area contributed by atoms with Crippen LogP contribution in [0, 0.1) is 0 Å². The van der Waals surface area contributed by atoms with Gasteiger partial charge in [-0.2, -0.15) is 8.78 Å². The summed E-state index contributed by atoms with van der Waals surface area (Å²) in [6, 6.07) is 4.23. The Hall–Kier alpha value is -1.60. The first kappa shape index (κ1) is 19.4. The number of alkyl halides is 2. The Morgan fingerprint density at radius 3 is 2.52 bits per heavy atom. The maximum Gasteiger partial charge on any atom is 0.387 e. The number of carbonyl (C=O) groups is 1. The van der Waals surface area contributed by atoms with Crippen LogP contribution >= 0.6 is 12.4 Å². The molecule has 0 aliphatic rings. The summed E-state index contributed by atoms with van der Waals surface area (Å²) in [4.78, 5) is 11.9. The van der Waals surface area contributed by atoms with Crippen molar-refractivity contribution in [1.82, 2.24) is 10.6 Å². The van der Waals surface area contributed by atoms with E-state index in [1.165, 1.54) is 25.3 Å². The van der Waals surface area contributed by atoms with Crippen LogP contribution in [0.2, 0.25) is 0 Å². The number of likely N-dealkylation sites (N-methyl/N-ethyl adjacent to an activating group) is 1. The summed E-state index contributed by atoms with van der Waals surface area (Å²) in [5.41, 5.74) is 0.227. The van der Waals surface area contributed by atoms with Crippen LogP contribution in [0.15, 0.2) is 18.2 Å². The molecule has 1 rings (SSSR count). The zero-order valence-corrected chi connectivity index (χ0v) is 12.8. The molecule has 0 aromatic heterocycles. The molecule has 0 bridgehead atoms. The van der Waals surface area contributed by atoms with Gasteiger partial charge in [0.05, 0.1) is 7.11 Å². The quantitative estimate of drug-likeness (QED) is 0.806. The Kier molecular flexibility index (Phi) is 8.64. The molecule has 5 nitrogen and oxygen atoms in total. The van der Waals surface area contributed by atoms with Crippen LogP contribution in [0.25, 0.3) is 0 Å². The molecule has 0 saturated heterocycles. The molecule has 0 spiro atoms. The van der Waals surface area contributed by atoms with Gasteiger partial charge in [-0.3, -0.25) is 4.79 Å². The zero-order chi connectivity index (χ0) is 15.1. The van der Waals surface area contributed by atoms with Gasteiger partial charge in [0.1, 0.15) is 0 Å². The lowest BCUT2D eigenvalue weighted by Crippen LogP contribution is -2.37. The minimum absolute atomic E-state index is 0. The molecule has 0 fully saturated rings. The first-order valence-electron chi connectivity index (χ1n) is 6.06. The number of hydrogen-bond acceptors (Lipinski definition) is 4. The van der Waals surface area contributed by atoms with Gasteiger partial charge in [-0.1, -0.05) is 0 Å². The number of benzene rings is 1. The maximum absolute atomic E-state index is 12.3. The van der Waals surface area contributed by atoms with E-state index in [0.29, 0.717) is 6.54 Å². The molecule has 0 saturated carbocycles. The van der Waals surface area contributed by atoms with E-state index in [9.17, 15) is 13.6 Å². The van der Waals surface area contributed by atoms with Gasteiger partial charge in [0.2, 0.25) is 0 Å². The second kappa shape index (κ2) is 9.36. The molecule has 0 aliphatic carbocycles. The first-order chi connectivity index (χ1) is 9.47. The number of methoxy groups -OCH3 is 1. The number of rotatable bonds is 7. The molecule has 0 heterocycles. The Morgan fingerprint density at radius 2 is 2.00 bits per heavy atom. The SMILES string of the molecule is CNC(C)CNC(=O)c1ccc(OC)c(OC(F)F)c1.Cl. The van der Waals surface area contributed by atoms with E-state index in [2.05, 4.69) is 15.4 Å². The largest absolute Gasteiger partial charge is 0.493 e. The van der Waals surface area contributed by atoms with Crippen molar-refractivity contribution in [3.05, 3.63) is 23.8 Å². The molecule has 21 heavy (non-hydrogen) atoms. The monoisotopic (exact) mass is 324 g/mol. The molecule has 1 amide bonds. The smallest absolute Gasteiger partial charge is 0.387 e. The van der Waals surface area contributed by atoms with Gasteiger partial charge >= 0.3 is 6.61 Å². The normalized spacial score (nSPS) is 11.5. The highest BCUT2D eigenvalue weighted by Gasteiger charge is 2.14. The van der Waals surface area contributed by atoms with Crippen molar-refractivity contribution < 1.29 is 23.0 Å². The number of hydrogen-bond donors (Lipinski definition) is 2. The van der Waals surface area contributed by atoms with E-state index in [1.807, 2.05) is 6.92 Å². The number of carbonyl (C=O) groups excluding carboxylic acids is 1.